The second kappa shape index (κ2) is 9.07. The van der Waals surface area contributed by atoms with E-state index in [2.05, 4.69) is 15.1 Å². The lowest BCUT2D eigenvalue weighted by Gasteiger charge is -2.22. The Morgan fingerprint density at radius 2 is 1.68 bits per heavy atom. The molecule has 2 amide bonds. The van der Waals surface area contributed by atoms with E-state index < -0.39 is 23.7 Å². The number of fused-ring (bicyclic) bond motifs is 2. The van der Waals surface area contributed by atoms with E-state index in [1.807, 2.05) is 0 Å². The number of imide groups is 1. The van der Waals surface area contributed by atoms with Crippen molar-refractivity contribution in [1.29, 1.82) is 0 Å². The van der Waals surface area contributed by atoms with Gasteiger partial charge < -0.3 is 9.47 Å². The first-order chi connectivity index (χ1) is 18.4. The maximum Gasteiger partial charge on any atom is 0.267 e. The van der Waals surface area contributed by atoms with Crippen molar-refractivity contribution >= 4 is 28.5 Å². The topological polar surface area (TPSA) is 99.4 Å². The summed E-state index contributed by atoms with van der Waals surface area (Å²) >= 11 is 0. The molecule has 1 aliphatic rings. The second-order valence-corrected chi connectivity index (χ2v) is 8.61. The number of amides is 2. The van der Waals surface area contributed by atoms with Crippen LogP contribution in [0.5, 0.6) is 11.6 Å². The van der Waals surface area contributed by atoms with Gasteiger partial charge in [0.15, 0.2) is 11.6 Å². The summed E-state index contributed by atoms with van der Waals surface area (Å²) in [4.78, 5) is 36.7. The van der Waals surface area contributed by atoms with Crippen molar-refractivity contribution in [2.45, 2.75) is 13.0 Å². The number of aromatic nitrogens is 4. The SMILES string of the molecule is COc1ccc(-n2cccn2)c(C(C)Oc2cc3cc(F)ccc3nc2N2C(=O)c3ccccc3C2=O)n1. The molecule has 0 saturated carbocycles. The van der Waals surface area contributed by atoms with Crippen molar-refractivity contribution in [3.8, 4) is 17.3 Å². The number of carbonyl (C=O) groups excluding carboxylic acids is 2. The number of methoxy groups -OCH3 is 1. The normalized spacial score (nSPS) is 13.6. The Hall–Kier alpha value is -5.12. The molecule has 0 bridgehead atoms. The van der Waals surface area contributed by atoms with Gasteiger partial charge in [0.1, 0.15) is 17.6 Å². The van der Waals surface area contributed by atoms with E-state index in [4.69, 9.17) is 9.47 Å². The minimum atomic E-state index is -0.717. The summed E-state index contributed by atoms with van der Waals surface area (Å²) in [5, 5.41) is 4.74. The summed E-state index contributed by atoms with van der Waals surface area (Å²) in [6.07, 6.45) is 2.69. The third-order valence-electron chi connectivity index (χ3n) is 6.25. The smallest absolute Gasteiger partial charge is 0.267 e. The number of rotatable bonds is 6. The lowest BCUT2D eigenvalue weighted by molar-refractivity contribution is 0.0922. The van der Waals surface area contributed by atoms with Crippen LogP contribution in [-0.2, 0) is 0 Å². The zero-order valence-corrected chi connectivity index (χ0v) is 20.3. The number of carbonyl (C=O) groups is 2. The van der Waals surface area contributed by atoms with Gasteiger partial charge in [-0.3, -0.25) is 9.59 Å². The van der Waals surface area contributed by atoms with E-state index in [1.54, 1.807) is 72.5 Å². The Morgan fingerprint density at radius 3 is 2.37 bits per heavy atom. The highest BCUT2D eigenvalue weighted by molar-refractivity contribution is 6.34. The zero-order chi connectivity index (χ0) is 26.4. The van der Waals surface area contributed by atoms with Crippen LogP contribution in [0.3, 0.4) is 0 Å². The first kappa shape index (κ1) is 23.3. The lowest BCUT2D eigenvalue weighted by atomic mass is 10.1. The van der Waals surface area contributed by atoms with Gasteiger partial charge in [0.05, 0.1) is 29.4 Å². The van der Waals surface area contributed by atoms with Gasteiger partial charge in [-0.2, -0.15) is 5.10 Å². The molecule has 0 fully saturated rings. The third-order valence-corrected chi connectivity index (χ3v) is 6.25. The van der Waals surface area contributed by atoms with Crippen LogP contribution >= 0.6 is 0 Å². The molecule has 3 aromatic heterocycles. The van der Waals surface area contributed by atoms with Gasteiger partial charge in [-0.1, -0.05) is 12.1 Å². The molecule has 4 heterocycles. The van der Waals surface area contributed by atoms with Gasteiger partial charge in [0.25, 0.3) is 11.8 Å². The summed E-state index contributed by atoms with van der Waals surface area (Å²) in [6.45, 7) is 1.76. The maximum atomic E-state index is 14.1. The molecule has 0 saturated heterocycles. The van der Waals surface area contributed by atoms with Crippen LogP contribution in [0.1, 0.15) is 39.4 Å². The predicted molar refractivity (Wildman–Crippen MR) is 136 cm³/mol. The molecule has 38 heavy (non-hydrogen) atoms. The molecule has 188 valence electrons. The number of anilines is 1. The summed E-state index contributed by atoms with van der Waals surface area (Å²) in [5.74, 6) is -1.01. The Balaban J connectivity index is 1.48. The largest absolute Gasteiger partial charge is 0.481 e. The van der Waals surface area contributed by atoms with E-state index >= 15 is 0 Å². The number of nitrogens with zero attached hydrogens (tertiary/aromatic N) is 5. The van der Waals surface area contributed by atoms with Gasteiger partial charge in [0.2, 0.25) is 5.88 Å². The summed E-state index contributed by atoms with van der Waals surface area (Å²) in [5.41, 5.74) is 2.07. The average Bonchev–Trinajstić information content (AvgIpc) is 3.55. The van der Waals surface area contributed by atoms with Gasteiger partial charge in [-0.05, 0) is 55.5 Å². The number of halogens is 1. The van der Waals surface area contributed by atoms with Gasteiger partial charge in [0, 0.05) is 23.8 Å². The standard InChI is InChI=1S/C28H20FN5O4/c1-16(25-22(33-13-5-12-30-33)10-11-24(32-25)37-2)38-23-15-17-14-18(29)8-9-21(17)31-26(23)34-27(35)19-6-3-4-7-20(19)28(34)36/h3-16H,1-2H3. The van der Waals surface area contributed by atoms with Crippen LogP contribution in [0, 0.1) is 5.82 Å². The maximum absolute atomic E-state index is 14.1. The lowest BCUT2D eigenvalue weighted by Crippen LogP contribution is -2.31. The van der Waals surface area contributed by atoms with E-state index in [-0.39, 0.29) is 22.7 Å². The summed E-state index contributed by atoms with van der Waals surface area (Å²) in [6, 6.07) is 17.5. The van der Waals surface area contributed by atoms with Crippen LogP contribution in [0.2, 0.25) is 0 Å². The molecule has 9 nitrogen and oxygen atoms in total. The average molecular weight is 509 g/mol. The molecule has 1 atom stereocenters. The monoisotopic (exact) mass is 509 g/mol. The zero-order valence-electron chi connectivity index (χ0n) is 20.3. The van der Waals surface area contributed by atoms with E-state index in [0.717, 1.165) is 4.90 Å². The molecule has 2 aromatic carbocycles. The van der Waals surface area contributed by atoms with E-state index in [1.165, 1.54) is 25.3 Å². The first-order valence-electron chi connectivity index (χ1n) is 11.7. The van der Waals surface area contributed by atoms with Gasteiger partial charge in [-0.15, -0.1) is 0 Å². The number of benzene rings is 2. The third kappa shape index (κ3) is 3.83. The Morgan fingerprint density at radius 1 is 0.921 bits per heavy atom. The fourth-order valence-corrected chi connectivity index (χ4v) is 4.46. The number of pyridine rings is 2. The molecular formula is C28H20FN5O4. The minimum absolute atomic E-state index is 0.00527. The van der Waals surface area contributed by atoms with Crippen LogP contribution in [0.15, 0.2) is 79.1 Å². The van der Waals surface area contributed by atoms with Crippen molar-refractivity contribution in [1.82, 2.24) is 19.7 Å². The van der Waals surface area contributed by atoms with Crippen molar-refractivity contribution in [3.05, 3.63) is 102 Å². The van der Waals surface area contributed by atoms with Crippen LogP contribution in [0.25, 0.3) is 16.6 Å². The molecule has 5 aromatic rings. The number of hydrogen-bond donors (Lipinski definition) is 0. The Labute approximate surface area is 216 Å². The van der Waals surface area contributed by atoms with Crippen molar-refractivity contribution in [2.75, 3.05) is 12.0 Å². The second-order valence-electron chi connectivity index (χ2n) is 8.61. The van der Waals surface area contributed by atoms with Crippen molar-refractivity contribution in [3.63, 3.8) is 0 Å². The summed E-state index contributed by atoms with van der Waals surface area (Å²) in [7, 11) is 1.51. The number of hydrogen-bond acceptors (Lipinski definition) is 7. The molecule has 0 radical (unpaired) electrons. The van der Waals surface area contributed by atoms with Crippen molar-refractivity contribution in [2.24, 2.45) is 0 Å². The van der Waals surface area contributed by atoms with Crippen LogP contribution < -0.4 is 14.4 Å². The fraction of sp³-hybridized carbons (Fsp3) is 0.107. The highest BCUT2D eigenvalue weighted by Gasteiger charge is 2.39. The van der Waals surface area contributed by atoms with Gasteiger partial charge >= 0.3 is 0 Å². The minimum Gasteiger partial charge on any atom is -0.481 e. The molecule has 6 rings (SSSR count). The Bertz CT molecular complexity index is 1690. The Kier molecular flexibility index (Phi) is 5.56. The van der Waals surface area contributed by atoms with Crippen LogP contribution in [0.4, 0.5) is 10.2 Å². The first-order valence-corrected chi connectivity index (χ1v) is 11.7. The number of ether oxygens (including phenoxy) is 2. The molecule has 0 N–H and O–H groups in total. The molecular weight excluding hydrogens is 489 g/mol. The molecule has 10 heteroatoms. The fourth-order valence-electron chi connectivity index (χ4n) is 4.46. The van der Waals surface area contributed by atoms with E-state index in [0.29, 0.717) is 28.2 Å². The summed E-state index contributed by atoms with van der Waals surface area (Å²) < 4.78 is 27.4. The molecule has 1 aliphatic heterocycles. The molecule has 0 spiro atoms. The molecule has 0 aliphatic carbocycles. The van der Waals surface area contributed by atoms with Crippen LogP contribution in [-0.4, -0.2) is 38.7 Å². The highest BCUT2D eigenvalue weighted by atomic mass is 19.1. The highest BCUT2D eigenvalue weighted by Crippen LogP contribution is 2.38. The van der Waals surface area contributed by atoms with Crippen molar-refractivity contribution < 1.29 is 23.5 Å². The molecule has 1 unspecified atom stereocenters. The predicted octanol–water partition coefficient (Wildman–Crippen LogP) is 4.90. The quantitative estimate of drug-likeness (QED) is 0.300. The van der Waals surface area contributed by atoms with E-state index in [9.17, 15) is 14.0 Å². The van der Waals surface area contributed by atoms with Gasteiger partial charge in [-0.25, -0.2) is 23.9 Å².